The molecule has 1 unspecified atom stereocenters. The zero-order valence-electron chi connectivity index (χ0n) is 8.95. The molecule has 0 spiro atoms. The summed E-state index contributed by atoms with van der Waals surface area (Å²) in [5, 5.41) is 5.81. The van der Waals surface area contributed by atoms with Crippen molar-refractivity contribution in [3.8, 4) is 0 Å². The van der Waals surface area contributed by atoms with Crippen LogP contribution in [0.25, 0.3) is 0 Å². The Kier molecular flexibility index (Phi) is 4.53. The first-order valence-electron chi connectivity index (χ1n) is 5.24. The first-order chi connectivity index (χ1) is 7.05. The molecule has 1 amide bonds. The fourth-order valence-corrected chi connectivity index (χ4v) is 3.34. The predicted octanol–water partition coefficient (Wildman–Crippen LogP) is -0.853. The van der Waals surface area contributed by atoms with Crippen LogP contribution >= 0.6 is 0 Å². The molecule has 0 saturated carbocycles. The van der Waals surface area contributed by atoms with Crippen LogP contribution in [0, 0.1) is 5.92 Å². The van der Waals surface area contributed by atoms with Gasteiger partial charge in [-0.05, 0) is 13.0 Å². The first-order valence-corrected chi connectivity index (χ1v) is 7.06. The van der Waals surface area contributed by atoms with Crippen LogP contribution < -0.4 is 10.6 Å². The largest absolute Gasteiger partial charge is 0.355 e. The lowest BCUT2D eigenvalue weighted by Crippen LogP contribution is -2.36. The number of nitrogens with one attached hydrogen (secondary N) is 2. The van der Waals surface area contributed by atoms with E-state index in [4.69, 9.17) is 0 Å². The summed E-state index contributed by atoms with van der Waals surface area (Å²) in [5.41, 5.74) is 0. The lowest BCUT2D eigenvalue weighted by molar-refractivity contribution is -0.124. The predicted molar refractivity (Wildman–Crippen MR) is 58.3 cm³/mol. The number of carbonyl (C=O) groups is 1. The Hall–Kier alpha value is -0.620. The third-order valence-electron chi connectivity index (χ3n) is 2.45. The van der Waals surface area contributed by atoms with Crippen LogP contribution in [-0.4, -0.2) is 45.5 Å². The number of hydrogen-bond donors (Lipinski definition) is 2. The Morgan fingerprint density at radius 2 is 2.13 bits per heavy atom. The van der Waals surface area contributed by atoms with Gasteiger partial charge < -0.3 is 10.6 Å². The number of sulfone groups is 1. The maximum absolute atomic E-state index is 11.5. The molecule has 1 aliphatic rings. The molecule has 1 fully saturated rings. The van der Waals surface area contributed by atoms with Crippen molar-refractivity contribution in [1.82, 2.24) is 10.6 Å². The molecule has 1 aliphatic heterocycles. The third kappa shape index (κ3) is 4.17. The number of rotatable bonds is 5. The maximum Gasteiger partial charge on any atom is 0.224 e. The van der Waals surface area contributed by atoms with E-state index >= 15 is 0 Å². The molecule has 5 nitrogen and oxygen atoms in total. The van der Waals surface area contributed by atoms with Crippen LogP contribution in [0.4, 0.5) is 0 Å². The lowest BCUT2D eigenvalue weighted by Gasteiger charge is -2.09. The summed E-state index contributed by atoms with van der Waals surface area (Å²) >= 11 is 0. The minimum atomic E-state index is -2.95. The zero-order chi connectivity index (χ0) is 11.3. The van der Waals surface area contributed by atoms with E-state index in [-0.39, 0.29) is 23.3 Å². The third-order valence-corrected chi connectivity index (χ3v) is 4.22. The van der Waals surface area contributed by atoms with Gasteiger partial charge in [0.15, 0.2) is 9.84 Å². The van der Waals surface area contributed by atoms with Crippen molar-refractivity contribution in [2.75, 3.05) is 31.1 Å². The first kappa shape index (κ1) is 12.4. The van der Waals surface area contributed by atoms with Crippen LogP contribution in [0.3, 0.4) is 0 Å². The molecular formula is C9H18N2O3S. The summed E-state index contributed by atoms with van der Waals surface area (Å²) in [4.78, 5) is 11.5. The van der Waals surface area contributed by atoms with E-state index in [2.05, 4.69) is 10.6 Å². The van der Waals surface area contributed by atoms with Gasteiger partial charge in [0.1, 0.15) is 0 Å². The van der Waals surface area contributed by atoms with E-state index in [1.807, 2.05) is 6.92 Å². The maximum atomic E-state index is 11.5. The molecule has 6 heteroatoms. The van der Waals surface area contributed by atoms with E-state index in [0.29, 0.717) is 13.0 Å². The second-order valence-electron chi connectivity index (χ2n) is 3.74. The van der Waals surface area contributed by atoms with Gasteiger partial charge in [0, 0.05) is 13.1 Å². The number of amides is 1. The number of likely N-dealkylation sites (N-methyl/N-ethyl adjacent to an activating group) is 1. The summed E-state index contributed by atoms with van der Waals surface area (Å²) in [5.74, 6) is -0.302. The summed E-state index contributed by atoms with van der Waals surface area (Å²) in [6.07, 6.45) is 0.468. The van der Waals surface area contributed by atoms with E-state index in [1.54, 1.807) is 0 Å². The summed E-state index contributed by atoms with van der Waals surface area (Å²) < 4.78 is 22.3. The topological polar surface area (TPSA) is 75.3 Å². The molecule has 0 bridgehead atoms. The van der Waals surface area contributed by atoms with Gasteiger partial charge in [-0.2, -0.15) is 0 Å². The van der Waals surface area contributed by atoms with Gasteiger partial charge in [-0.3, -0.25) is 4.79 Å². The fourth-order valence-electron chi connectivity index (χ4n) is 1.60. The monoisotopic (exact) mass is 234 g/mol. The molecule has 0 aliphatic carbocycles. The van der Waals surface area contributed by atoms with Crippen molar-refractivity contribution in [3.05, 3.63) is 0 Å². The van der Waals surface area contributed by atoms with Crippen molar-refractivity contribution >= 4 is 15.7 Å². The Labute approximate surface area is 90.5 Å². The van der Waals surface area contributed by atoms with E-state index < -0.39 is 9.84 Å². The van der Waals surface area contributed by atoms with Crippen LogP contribution in [0.5, 0.6) is 0 Å². The highest BCUT2D eigenvalue weighted by molar-refractivity contribution is 7.91. The highest BCUT2D eigenvalue weighted by Gasteiger charge is 2.32. The minimum absolute atomic E-state index is 0.0139. The van der Waals surface area contributed by atoms with Crippen molar-refractivity contribution in [3.63, 3.8) is 0 Å². The molecule has 0 aromatic rings. The summed E-state index contributed by atoms with van der Waals surface area (Å²) in [6, 6.07) is 0. The van der Waals surface area contributed by atoms with Crippen molar-refractivity contribution < 1.29 is 13.2 Å². The Balaban J connectivity index is 2.24. The summed E-state index contributed by atoms with van der Waals surface area (Å²) in [7, 11) is -2.95. The van der Waals surface area contributed by atoms with Gasteiger partial charge in [-0.25, -0.2) is 8.42 Å². The van der Waals surface area contributed by atoms with Crippen molar-refractivity contribution in [2.24, 2.45) is 5.92 Å². The Bertz CT molecular complexity index is 313. The highest BCUT2D eigenvalue weighted by atomic mass is 32.2. The average Bonchev–Trinajstić information content (AvgIpc) is 2.53. The Morgan fingerprint density at radius 3 is 2.67 bits per heavy atom. The number of carbonyl (C=O) groups excluding carboxylic acids is 1. The lowest BCUT2D eigenvalue weighted by atomic mass is 10.1. The molecule has 88 valence electrons. The number of hydrogen-bond acceptors (Lipinski definition) is 4. The quantitative estimate of drug-likeness (QED) is 0.607. The molecule has 1 heterocycles. The minimum Gasteiger partial charge on any atom is -0.355 e. The van der Waals surface area contributed by atoms with Crippen molar-refractivity contribution in [1.29, 1.82) is 0 Å². The molecule has 0 radical (unpaired) electrons. The van der Waals surface area contributed by atoms with Gasteiger partial charge in [-0.1, -0.05) is 6.92 Å². The van der Waals surface area contributed by atoms with Crippen LogP contribution in [0.1, 0.15) is 13.3 Å². The van der Waals surface area contributed by atoms with Crippen LogP contribution in [0.2, 0.25) is 0 Å². The van der Waals surface area contributed by atoms with E-state index in [9.17, 15) is 13.2 Å². The van der Waals surface area contributed by atoms with Gasteiger partial charge in [-0.15, -0.1) is 0 Å². The SMILES string of the molecule is CCNCCNC(=O)C1CCS(=O)(=O)C1. The Morgan fingerprint density at radius 1 is 1.40 bits per heavy atom. The second kappa shape index (κ2) is 5.46. The molecule has 1 atom stereocenters. The van der Waals surface area contributed by atoms with Gasteiger partial charge in [0.25, 0.3) is 0 Å². The fraction of sp³-hybridized carbons (Fsp3) is 0.889. The molecule has 2 N–H and O–H groups in total. The van der Waals surface area contributed by atoms with Crippen molar-refractivity contribution in [2.45, 2.75) is 13.3 Å². The molecule has 1 saturated heterocycles. The average molecular weight is 234 g/mol. The molecular weight excluding hydrogens is 216 g/mol. The summed E-state index contributed by atoms with van der Waals surface area (Å²) in [6.45, 7) is 4.14. The normalized spacial score (nSPS) is 23.9. The van der Waals surface area contributed by atoms with E-state index in [1.165, 1.54) is 0 Å². The molecule has 0 aromatic heterocycles. The second-order valence-corrected chi connectivity index (χ2v) is 5.97. The highest BCUT2D eigenvalue weighted by Crippen LogP contribution is 2.17. The standard InChI is InChI=1S/C9H18N2O3S/c1-2-10-4-5-11-9(12)8-3-6-15(13,14)7-8/h8,10H,2-7H2,1H3,(H,11,12). The van der Waals surface area contributed by atoms with Crippen LogP contribution in [0.15, 0.2) is 0 Å². The van der Waals surface area contributed by atoms with Crippen LogP contribution in [-0.2, 0) is 14.6 Å². The smallest absolute Gasteiger partial charge is 0.224 e. The van der Waals surface area contributed by atoms with Gasteiger partial charge >= 0.3 is 0 Å². The molecule has 1 rings (SSSR count). The van der Waals surface area contributed by atoms with Gasteiger partial charge in [0.05, 0.1) is 17.4 Å². The van der Waals surface area contributed by atoms with E-state index in [0.717, 1.165) is 13.1 Å². The zero-order valence-corrected chi connectivity index (χ0v) is 9.77. The molecule has 15 heavy (non-hydrogen) atoms. The van der Waals surface area contributed by atoms with Gasteiger partial charge in [0.2, 0.25) is 5.91 Å². The molecule has 0 aromatic carbocycles.